The molecule has 0 saturated carbocycles. The van der Waals surface area contributed by atoms with Gasteiger partial charge in [-0.2, -0.15) is 0 Å². The molecule has 0 radical (unpaired) electrons. The highest BCUT2D eigenvalue weighted by Gasteiger charge is 2.21. The van der Waals surface area contributed by atoms with Gasteiger partial charge in [-0.1, -0.05) is 96.6 Å². The molecule has 70 heavy (non-hydrogen) atoms. The number of fused-ring (bicyclic) bond motifs is 3. The minimum atomic E-state index is -3.72. The number of hydrogen-bond acceptors (Lipinski definition) is 14. The van der Waals surface area contributed by atoms with Crippen molar-refractivity contribution in [3.63, 3.8) is 0 Å². The van der Waals surface area contributed by atoms with Gasteiger partial charge >= 0.3 is 5.97 Å². The number of rotatable bonds is 11. The minimum absolute atomic E-state index is 0.0109. The molecule has 0 aliphatic heterocycles. The SMILES string of the molecule is CCOC(=O)c1ccc(N)cc1.Cc1ccc(CS(=O)(=O)c2cccc3cccnc23)cc1.O=COc1ccc(CS(=O)(=O)c2cccc3cccnc23)cc1.O=S(=O)(Cl)c1cccc2cccnc12. The number of nitrogen functional groups attached to an aromatic ring is 1. The van der Waals surface area contributed by atoms with Crippen molar-refractivity contribution >= 4 is 90.2 Å². The van der Waals surface area contributed by atoms with Crippen LogP contribution in [-0.4, -0.2) is 59.3 Å². The van der Waals surface area contributed by atoms with Gasteiger partial charge in [0.1, 0.15) is 10.6 Å². The normalized spacial score (nSPS) is 11.2. The first-order valence-corrected chi connectivity index (χ1v) is 26.8. The number of aryl methyl sites for hydroxylation is 1. The van der Waals surface area contributed by atoms with Gasteiger partial charge < -0.3 is 15.2 Å². The fourth-order valence-corrected chi connectivity index (χ4v) is 10.9. The number of hydrogen-bond donors (Lipinski definition) is 1. The lowest BCUT2D eigenvalue weighted by Gasteiger charge is -2.08. The zero-order valence-corrected chi connectivity index (χ0v) is 40.8. The fourth-order valence-electron chi connectivity index (χ4n) is 6.76. The van der Waals surface area contributed by atoms with Gasteiger partial charge in [0, 0.05) is 51.1 Å². The molecule has 3 aromatic heterocycles. The molecule has 3 heterocycles. The summed E-state index contributed by atoms with van der Waals surface area (Å²) in [7, 11) is -5.40. The monoisotopic (exact) mass is 1020 g/mol. The lowest BCUT2D eigenvalue weighted by Crippen LogP contribution is -2.06. The number of carbonyl (C=O) groups is 2. The van der Waals surface area contributed by atoms with Crippen molar-refractivity contribution < 1.29 is 44.3 Å². The maximum absolute atomic E-state index is 12.7. The van der Waals surface area contributed by atoms with E-state index < -0.39 is 28.7 Å². The van der Waals surface area contributed by atoms with Crippen molar-refractivity contribution in [1.29, 1.82) is 0 Å². The van der Waals surface area contributed by atoms with Crippen LogP contribution in [0.2, 0.25) is 0 Å². The lowest BCUT2D eigenvalue weighted by molar-refractivity contribution is -0.120. The molecule has 0 unspecified atom stereocenters. The number of ether oxygens (including phenoxy) is 2. The highest BCUT2D eigenvalue weighted by Crippen LogP contribution is 2.27. The Morgan fingerprint density at radius 3 is 1.37 bits per heavy atom. The molecule has 9 rings (SSSR count). The van der Waals surface area contributed by atoms with E-state index in [1.54, 1.807) is 129 Å². The van der Waals surface area contributed by atoms with Crippen LogP contribution >= 0.6 is 10.7 Å². The van der Waals surface area contributed by atoms with Gasteiger partial charge in [-0.25, -0.2) is 30.0 Å². The summed E-state index contributed by atoms with van der Waals surface area (Å²) in [5.74, 6) is -0.0991. The quantitative estimate of drug-likeness (QED) is 0.0552. The Morgan fingerprint density at radius 2 is 0.957 bits per heavy atom. The molecule has 2 N–H and O–H groups in total. The number of halogens is 1. The number of nitrogens with two attached hydrogens (primary N) is 1. The second kappa shape index (κ2) is 23.6. The van der Waals surface area contributed by atoms with E-state index in [2.05, 4.69) is 15.0 Å². The van der Waals surface area contributed by atoms with Crippen LogP contribution in [-0.2, 0) is 49.8 Å². The van der Waals surface area contributed by atoms with Gasteiger partial charge in [-0.15, -0.1) is 0 Å². The minimum Gasteiger partial charge on any atom is -0.462 e. The number of benzene rings is 6. The van der Waals surface area contributed by atoms with Crippen LogP contribution in [0.1, 0.15) is 34.0 Å². The van der Waals surface area contributed by atoms with E-state index >= 15 is 0 Å². The molecule has 0 bridgehead atoms. The standard InChI is InChI=1S/C17H13NO4S.C17H15NO2S.C9H6ClNO2S.C9H11NO2/c19-12-22-15-8-6-13(7-9-15)11-23(20,21)16-5-1-3-14-4-2-10-18-17(14)16;1-13-7-9-14(10-8-13)12-21(19,20)16-6-2-4-15-5-3-11-18-17(15)16;10-14(12,13)8-5-1-3-7-4-2-6-11-9(7)8;1-2-12-9(11)7-3-5-8(10)6-4-7/h1-10,12H,11H2;2-11H,12H2,1H3;1-6H;3-6H,2,10H2,1H3. The Balaban J connectivity index is 0.000000158. The summed E-state index contributed by atoms with van der Waals surface area (Å²) < 4.78 is 82.5. The maximum Gasteiger partial charge on any atom is 0.338 e. The van der Waals surface area contributed by atoms with Gasteiger partial charge in [0.2, 0.25) is 0 Å². The Morgan fingerprint density at radius 1 is 0.557 bits per heavy atom. The van der Waals surface area contributed by atoms with E-state index in [9.17, 15) is 34.8 Å². The lowest BCUT2D eigenvalue weighted by atomic mass is 10.2. The molecule has 0 saturated heterocycles. The molecule has 0 amide bonds. The Kier molecular flexibility index (Phi) is 17.5. The molecule has 9 aromatic rings. The molecule has 0 aliphatic carbocycles. The first-order chi connectivity index (χ1) is 33.5. The van der Waals surface area contributed by atoms with E-state index in [1.807, 2.05) is 55.5 Å². The van der Waals surface area contributed by atoms with Gasteiger partial charge in [-0.3, -0.25) is 19.7 Å². The van der Waals surface area contributed by atoms with Crippen LogP contribution in [0, 0.1) is 6.92 Å². The molecule has 358 valence electrons. The van der Waals surface area contributed by atoms with E-state index in [-0.39, 0.29) is 27.3 Å². The van der Waals surface area contributed by atoms with Crippen LogP contribution < -0.4 is 10.5 Å². The van der Waals surface area contributed by atoms with E-state index in [0.717, 1.165) is 27.3 Å². The molecule has 0 spiro atoms. The highest BCUT2D eigenvalue weighted by molar-refractivity contribution is 8.14. The first-order valence-electron chi connectivity index (χ1n) is 21.2. The van der Waals surface area contributed by atoms with Crippen molar-refractivity contribution in [2.24, 2.45) is 0 Å². The predicted molar refractivity (Wildman–Crippen MR) is 271 cm³/mol. The van der Waals surface area contributed by atoms with Gasteiger partial charge in [-0.05, 0) is 97.8 Å². The van der Waals surface area contributed by atoms with Crippen LogP contribution in [0.25, 0.3) is 32.7 Å². The largest absolute Gasteiger partial charge is 0.462 e. The van der Waals surface area contributed by atoms with Gasteiger partial charge in [0.15, 0.2) is 19.7 Å². The van der Waals surface area contributed by atoms with E-state index in [0.29, 0.717) is 57.1 Å². The summed E-state index contributed by atoms with van der Waals surface area (Å²) in [6.45, 7) is 4.47. The van der Waals surface area contributed by atoms with Crippen molar-refractivity contribution in [3.8, 4) is 5.75 Å². The van der Waals surface area contributed by atoms with Crippen LogP contribution in [0.15, 0.2) is 197 Å². The van der Waals surface area contributed by atoms with Gasteiger partial charge in [0.05, 0.1) is 50.0 Å². The molecule has 18 heteroatoms. The molecular formula is C52H45ClN4O10S3. The molecular weight excluding hydrogens is 972 g/mol. The van der Waals surface area contributed by atoms with E-state index in [1.165, 1.54) is 12.3 Å². The number of para-hydroxylation sites is 3. The fraction of sp³-hybridized carbons (Fsp3) is 0.0962. The van der Waals surface area contributed by atoms with Gasteiger partial charge in [0.25, 0.3) is 15.5 Å². The second-order valence-electron chi connectivity index (χ2n) is 15.1. The summed E-state index contributed by atoms with van der Waals surface area (Å²) in [4.78, 5) is 34.3. The molecule has 14 nitrogen and oxygen atoms in total. The average Bonchev–Trinajstić information content (AvgIpc) is 3.35. The highest BCUT2D eigenvalue weighted by atomic mass is 35.7. The van der Waals surface area contributed by atoms with E-state index in [4.69, 9.17) is 25.9 Å². The number of anilines is 1. The molecule has 6 aromatic carbocycles. The number of sulfone groups is 2. The smallest absolute Gasteiger partial charge is 0.338 e. The number of pyridine rings is 3. The molecule has 0 aliphatic rings. The molecule has 0 fully saturated rings. The predicted octanol–water partition coefficient (Wildman–Crippen LogP) is 9.87. The zero-order valence-electron chi connectivity index (χ0n) is 37.6. The second-order valence-corrected chi connectivity index (χ2v) is 21.6. The third kappa shape index (κ3) is 14.0. The third-order valence-corrected chi connectivity index (χ3v) is 14.9. The summed E-state index contributed by atoms with van der Waals surface area (Å²) in [6, 6.07) is 46.5. The summed E-state index contributed by atoms with van der Waals surface area (Å²) in [6.07, 6.45) is 4.73. The Hall–Kier alpha value is -7.57. The van der Waals surface area contributed by atoms with Crippen molar-refractivity contribution in [2.45, 2.75) is 40.0 Å². The number of esters is 1. The summed E-state index contributed by atoms with van der Waals surface area (Å²) in [5, 5.41) is 2.38. The van der Waals surface area contributed by atoms with Crippen molar-refractivity contribution in [1.82, 2.24) is 15.0 Å². The number of carbonyl (C=O) groups excluding carboxylic acids is 2. The maximum atomic E-state index is 12.7. The zero-order chi connectivity index (χ0) is 50.3. The average molecular weight is 1020 g/mol. The first kappa shape index (κ1) is 51.8. The summed E-state index contributed by atoms with van der Waals surface area (Å²) in [5.41, 5.74) is 10.5. The van der Waals surface area contributed by atoms with Crippen LogP contribution in [0.5, 0.6) is 5.75 Å². The molecule has 0 atom stereocenters. The Bertz CT molecular complexity index is 3590. The number of nitrogens with zero attached hydrogens (tertiary/aromatic N) is 3. The number of aromatic nitrogens is 3. The Labute approximate surface area is 410 Å². The third-order valence-electron chi connectivity index (χ3n) is 10.1. The van der Waals surface area contributed by atoms with Crippen LogP contribution in [0.4, 0.5) is 5.69 Å². The van der Waals surface area contributed by atoms with Crippen LogP contribution in [0.3, 0.4) is 0 Å². The summed E-state index contributed by atoms with van der Waals surface area (Å²) >= 11 is 0. The van der Waals surface area contributed by atoms with Crippen molar-refractivity contribution in [3.05, 3.63) is 205 Å². The topological polar surface area (TPSA) is 220 Å². The van der Waals surface area contributed by atoms with Crippen molar-refractivity contribution in [2.75, 3.05) is 12.3 Å².